The third-order valence-corrected chi connectivity index (χ3v) is 5.28. The molecule has 136 valence electrons. The van der Waals surface area contributed by atoms with Gasteiger partial charge >= 0.3 is 0 Å². The minimum Gasteiger partial charge on any atom is -0.346 e. The van der Waals surface area contributed by atoms with Gasteiger partial charge in [-0.1, -0.05) is 82.0 Å². The molecule has 3 aromatic rings. The van der Waals surface area contributed by atoms with Crippen LogP contribution < -0.4 is 0 Å². The van der Waals surface area contributed by atoms with E-state index in [0.29, 0.717) is 0 Å². The molecule has 0 aliphatic heterocycles. The van der Waals surface area contributed by atoms with E-state index in [-0.39, 0.29) is 0 Å². The molecule has 4 rings (SSSR count). The van der Waals surface area contributed by atoms with E-state index in [0.717, 1.165) is 12.3 Å². The van der Waals surface area contributed by atoms with E-state index in [1.165, 1.54) is 61.3 Å². The van der Waals surface area contributed by atoms with Crippen LogP contribution in [0.5, 0.6) is 0 Å². The summed E-state index contributed by atoms with van der Waals surface area (Å²) in [5.74, 6) is 0.847. The first kappa shape index (κ1) is 18.4. The Morgan fingerprint density at radius 2 is 1.88 bits per heavy atom. The lowest BCUT2D eigenvalue weighted by Gasteiger charge is -2.17. The first-order valence-corrected chi connectivity index (χ1v) is 9.73. The van der Waals surface area contributed by atoms with E-state index >= 15 is 0 Å². The Labute approximate surface area is 156 Å². The molecule has 0 spiro atoms. The van der Waals surface area contributed by atoms with Gasteiger partial charge < -0.3 is 4.52 Å². The zero-order valence-corrected chi connectivity index (χ0v) is 15.8. The summed E-state index contributed by atoms with van der Waals surface area (Å²) in [5, 5.41) is 6.40. The monoisotopic (exact) mass is 348 g/mol. The Balaban J connectivity index is 0.000000339. The molecule has 3 heteroatoms. The fraction of sp³-hybridized carbons (Fsp3) is 0.391. The Bertz CT molecular complexity index is 779. The number of hydrogen-bond donors (Lipinski definition) is 0. The smallest absolute Gasteiger partial charge is 0.144 e. The largest absolute Gasteiger partial charge is 0.346 e. The molecule has 0 N–H and O–H groups in total. The summed E-state index contributed by atoms with van der Waals surface area (Å²) in [7, 11) is 0. The van der Waals surface area contributed by atoms with Gasteiger partial charge in [-0.25, -0.2) is 0 Å². The van der Waals surface area contributed by atoms with E-state index in [1.807, 2.05) is 0 Å². The molecule has 0 fully saturated rings. The summed E-state index contributed by atoms with van der Waals surface area (Å²) in [6.07, 6.45) is 10.6. The standard InChI is InChI=1S/C21H26.C2H2N2O/c1-3-5-9-16(4-2)14-17-11-8-13-20-19-12-7-6-10-18(19)15-21(17)20;1-2-5-4-3-1/h6-8,10-13,16H,3-5,9,14-15H2,1-2H3;1-2H. The zero-order valence-electron chi connectivity index (χ0n) is 15.8. The van der Waals surface area contributed by atoms with Crippen LogP contribution in [0.1, 0.15) is 56.2 Å². The predicted molar refractivity (Wildman–Crippen MR) is 106 cm³/mol. The molecule has 1 aliphatic rings. The van der Waals surface area contributed by atoms with Crippen molar-refractivity contribution >= 4 is 0 Å². The summed E-state index contributed by atoms with van der Waals surface area (Å²) >= 11 is 0. The average molecular weight is 348 g/mol. The van der Waals surface area contributed by atoms with E-state index in [1.54, 1.807) is 11.1 Å². The van der Waals surface area contributed by atoms with Crippen molar-refractivity contribution in [3.05, 3.63) is 71.6 Å². The molecule has 0 bridgehead atoms. The molecule has 1 aliphatic carbocycles. The van der Waals surface area contributed by atoms with E-state index in [9.17, 15) is 0 Å². The van der Waals surface area contributed by atoms with Crippen LogP contribution in [0.2, 0.25) is 0 Å². The van der Waals surface area contributed by atoms with Gasteiger partial charge in [0.2, 0.25) is 0 Å². The van der Waals surface area contributed by atoms with Gasteiger partial charge in [-0.05, 0) is 46.6 Å². The molecule has 0 saturated heterocycles. The number of nitrogens with zero attached hydrogens (tertiary/aromatic N) is 2. The fourth-order valence-corrected chi connectivity index (χ4v) is 3.81. The Morgan fingerprint density at radius 1 is 1.04 bits per heavy atom. The Kier molecular flexibility index (Phi) is 6.59. The summed E-state index contributed by atoms with van der Waals surface area (Å²) in [5.41, 5.74) is 7.62. The second kappa shape index (κ2) is 9.33. The third-order valence-electron chi connectivity index (χ3n) is 5.28. The number of hydrogen-bond acceptors (Lipinski definition) is 3. The highest BCUT2D eigenvalue weighted by Gasteiger charge is 2.21. The van der Waals surface area contributed by atoms with Crippen LogP contribution in [-0.4, -0.2) is 10.4 Å². The number of aromatic nitrogens is 2. The van der Waals surface area contributed by atoms with Crippen molar-refractivity contribution in [3.8, 4) is 11.1 Å². The summed E-state index contributed by atoms with van der Waals surface area (Å²) in [6, 6.07) is 15.8. The second-order valence-electron chi connectivity index (χ2n) is 6.99. The summed E-state index contributed by atoms with van der Waals surface area (Å²) in [4.78, 5) is 0. The van der Waals surface area contributed by atoms with Crippen LogP contribution >= 0.6 is 0 Å². The minimum atomic E-state index is 0.847. The molecule has 3 nitrogen and oxygen atoms in total. The number of benzene rings is 2. The molecule has 0 radical (unpaired) electrons. The quantitative estimate of drug-likeness (QED) is 0.423. The van der Waals surface area contributed by atoms with Crippen molar-refractivity contribution in [1.29, 1.82) is 0 Å². The number of rotatable bonds is 6. The number of unbranched alkanes of at least 4 members (excludes halogenated alkanes) is 1. The van der Waals surface area contributed by atoms with Crippen molar-refractivity contribution in [2.45, 2.75) is 52.4 Å². The predicted octanol–water partition coefficient (Wildman–Crippen LogP) is 6.09. The highest BCUT2D eigenvalue weighted by molar-refractivity contribution is 5.77. The molecule has 26 heavy (non-hydrogen) atoms. The topological polar surface area (TPSA) is 38.9 Å². The summed E-state index contributed by atoms with van der Waals surface area (Å²) < 4.78 is 4.22. The van der Waals surface area contributed by atoms with Gasteiger partial charge in [-0.3, -0.25) is 0 Å². The molecule has 2 aromatic carbocycles. The first-order chi connectivity index (χ1) is 12.8. The number of fused-ring (bicyclic) bond motifs is 3. The van der Waals surface area contributed by atoms with Crippen LogP contribution in [0.3, 0.4) is 0 Å². The lowest BCUT2D eigenvalue weighted by atomic mass is 9.88. The molecule has 1 atom stereocenters. The van der Waals surface area contributed by atoms with Crippen molar-refractivity contribution in [2.75, 3.05) is 0 Å². The molecule has 1 heterocycles. The van der Waals surface area contributed by atoms with Crippen LogP contribution in [-0.2, 0) is 12.8 Å². The lowest BCUT2D eigenvalue weighted by molar-refractivity contribution is 0.393. The second-order valence-corrected chi connectivity index (χ2v) is 6.99. The van der Waals surface area contributed by atoms with E-state index in [4.69, 9.17) is 0 Å². The maximum atomic E-state index is 4.22. The lowest BCUT2D eigenvalue weighted by Crippen LogP contribution is -2.05. The van der Waals surface area contributed by atoms with Crippen molar-refractivity contribution in [1.82, 2.24) is 10.4 Å². The normalized spacial score (nSPS) is 12.7. The highest BCUT2D eigenvalue weighted by Crippen LogP contribution is 2.39. The van der Waals surface area contributed by atoms with Gasteiger partial charge in [0.05, 0.1) is 6.20 Å². The molecule has 1 aromatic heterocycles. The minimum absolute atomic E-state index is 0.847. The van der Waals surface area contributed by atoms with Crippen LogP contribution in [0.25, 0.3) is 11.1 Å². The summed E-state index contributed by atoms with van der Waals surface area (Å²) in [6.45, 7) is 4.64. The van der Waals surface area contributed by atoms with Crippen molar-refractivity contribution in [2.24, 2.45) is 5.92 Å². The first-order valence-electron chi connectivity index (χ1n) is 9.73. The SMILES string of the molecule is CCCCC(CC)Cc1cccc2c1Cc1ccccc1-2.c1conn1. The van der Waals surface area contributed by atoms with Crippen LogP contribution in [0, 0.1) is 5.92 Å². The van der Waals surface area contributed by atoms with Gasteiger partial charge in [0, 0.05) is 5.27 Å². The molecule has 1 unspecified atom stereocenters. The van der Waals surface area contributed by atoms with Crippen LogP contribution in [0.4, 0.5) is 0 Å². The van der Waals surface area contributed by atoms with Gasteiger partial charge in [0.15, 0.2) is 0 Å². The molecule has 0 saturated carbocycles. The zero-order chi connectivity index (χ0) is 18.2. The highest BCUT2D eigenvalue weighted by atomic mass is 16.5. The average Bonchev–Trinajstić information content (AvgIpc) is 3.37. The maximum Gasteiger partial charge on any atom is 0.144 e. The van der Waals surface area contributed by atoms with Gasteiger partial charge in [0.1, 0.15) is 6.26 Å². The van der Waals surface area contributed by atoms with Crippen molar-refractivity contribution in [3.63, 3.8) is 0 Å². The maximum absolute atomic E-state index is 4.22. The van der Waals surface area contributed by atoms with E-state index < -0.39 is 0 Å². The van der Waals surface area contributed by atoms with E-state index in [2.05, 4.69) is 71.2 Å². The Morgan fingerprint density at radius 3 is 2.58 bits per heavy atom. The Hall–Kier alpha value is -2.42. The van der Waals surface area contributed by atoms with Gasteiger partial charge in [-0.15, -0.1) is 5.10 Å². The van der Waals surface area contributed by atoms with Gasteiger partial charge in [-0.2, -0.15) is 0 Å². The molecular weight excluding hydrogens is 320 g/mol. The molecule has 0 amide bonds. The van der Waals surface area contributed by atoms with Crippen molar-refractivity contribution < 1.29 is 4.52 Å². The molecular formula is C23H28N2O. The van der Waals surface area contributed by atoms with Gasteiger partial charge in [0.25, 0.3) is 0 Å². The third kappa shape index (κ3) is 4.40. The fourth-order valence-electron chi connectivity index (χ4n) is 3.81. The van der Waals surface area contributed by atoms with Crippen LogP contribution in [0.15, 0.2) is 59.4 Å².